The fraction of sp³-hybridized carbons (Fsp3) is 0.417. The molecule has 2 saturated heterocycles. The molecule has 2 aromatic rings. The highest BCUT2D eigenvalue weighted by atomic mass is 16.7. The summed E-state index contributed by atoms with van der Waals surface area (Å²) in [6.45, 7) is 3.29. The smallest absolute Gasteiger partial charge is 0.231 e. The molecule has 31 heavy (non-hydrogen) atoms. The minimum absolute atomic E-state index is 0.00161. The number of ether oxygens (including phenoxy) is 2. The standard InChI is InChI=1S/C24H27N3O4/c28-23-13-18(15-27(23)14-17-4-9-21-22(12-17)31-16-30-21)24(29)25-19-5-7-20(8-6-19)26-10-2-1-3-11-26/h4-9,12,18H,1-3,10-11,13-16H2,(H,25,29). The maximum atomic E-state index is 12.8. The van der Waals surface area contributed by atoms with Gasteiger partial charge in [0.05, 0.1) is 5.92 Å². The Kier molecular flexibility index (Phi) is 5.40. The molecule has 0 radical (unpaired) electrons. The summed E-state index contributed by atoms with van der Waals surface area (Å²) in [6, 6.07) is 13.7. The zero-order valence-electron chi connectivity index (χ0n) is 17.5. The van der Waals surface area contributed by atoms with E-state index in [1.165, 1.54) is 24.9 Å². The molecule has 0 saturated carbocycles. The summed E-state index contributed by atoms with van der Waals surface area (Å²) < 4.78 is 10.7. The number of anilines is 2. The minimum atomic E-state index is -0.344. The molecule has 1 N–H and O–H groups in total. The third kappa shape index (κ3) is 4.31. The molecule has 2 amide bonds. The average Bonchev–Trinajstić information content (AvgIpc) is 3.41. The molecule has 0 spiro atoms. The van der Waals surface area contributed by atoms with Crippen molar-refractivity contribution in [3.8, 4) is 11.5 Å². The number of hydrogen-bond donors (Lipinski definition) is 1. The number of benzene rings is 2. The summed E-state index contributed by atoms with van der Waals surface area (Å²) in [6.07, 6.45) is 4.01. The Bertz CT molecular complexity index is 969. The second-order valence-electron chi connectivity index (χ2n) is 8.45. The van der Waals surface area contributed by atoms with Crippen LogP contribution in [-0.2, 0) is 16.1 Å². The number of piperidine rings is 1. The Morgan fingerprint density at radius 1 is 1.00 bits per heavy atom. The van der Waals surface area contributed by atoms with E-state index in [1.807, 2.05) is 30.3 Å². The maximum absolute atomic E-state index is 12.8. The zero-order valence-corrected chi connectivity index (χ0v) is 17.5. The lowest BCUT2D eigenvalue weighted by atomic mass is 10.1. The minimum Gasteiger partial charge on any atom is -0.454 e. The molecule has 0 aromatic heterocycles. The van der Waals surface area contributed by atoms with Gasteiger partial charge < -0.3 is 24.6 Å². The molecular weight excluding hydrogens is 394 g/mol. The van der Waals surface area contributed by atoms with Gasteiger partial charge in [0.2, 0.25) is 18.6 Å². The Labute approximate surface area is 181 Å². The molecule has 5 rings (SSSR count). The van der Waals surface area contributed by atoms with Gasteiger partial charge in [0.25, 0.3) is 0 Å². The van der Waals surface area contributed by atoms with Crippen LogP contribution in [0.5, 0.6) is 11.5 Å². The van der Waals surface area contributed by atoms with Crippen molar-refractivity contribution in [3.63, 3.8) is 0 Å². The molecule has 2 fully saturated rings. The third-order valence-electron chi connectivity index (χ3n) is 6.25. The SMILES string of the molecule is O=C(Nc1ccc(N2CCCCC2)cc1)C1CC(=O)N(Cc2ccc3c(c2)OCO3)C1. The Balaban J connectivity index is 1.17. The largest absolute Gasteiger partial charge is 0.454 e. The highest BCUT2D eigenvalue weighted by Crippen LogP contribution is 2.33. The number of fused-ring (bicyclic) bond motifs is 1. The molecule has 162 valence electrons. The first-order chi connectivity index (χ1) is 15.2. The average molecular weight is 421 g/mol. The fourth-order valence-corrected chi connectivity index (χ4v) is 4.51. The molecule has 3 aliphatic rings. The van der Waals surface area contributed by atoms with Crippen LogP contribution >= 0.6 is 0 Å². The van der Waals surface area contributed by atoms with Gasteiger partial charge in [-0.3, -0.25) is 9.59 Å². The van der Waals surface area contributed by atoms with Crippen LogP contribution in [0.25, 0.3) is 0 Å². The lowest BCUT2D eigenvalue weighted by Gasteiger charge is -2.28. The topological polar surface area (TPSA) is 71.1 Å². The molecule has 7 nitrogen and oxygen atoms in total. The predicted molar refractivity (Wildman–Crippen MR) is 117 cm³/mol. The van der Waals surface area contributed by atoms with Crippen LogP contribution < -0.4 is 19.7 Å². The van der Waals surface area contributed by atoms with E-state index < -0.39 is 0 Å². The molecule has 3 aliphatic heterocycles. The molecule has 0 aliphatic carbocycles. The van der Waals surface area contributed by atoms with Crippen LogP contribution in [-0.4, -0.2) is 43.1 Å². The van der Waals surface area contributed by atoms with Gasteiger partial charge in [-0.15, -0.1) is 0 Å². The monoisotopic (exact) mass is 421 g/mol. The van der Waals surface area contributed by atoms with Gasteiger partial charge in [-0.2, -0.15) is 0 Å². The van der Waals surface area contributed by atoms with E-state index >= 15 is 0 Å². The van der Waals surface area contributed by atoms with Crippen molar-refractivity contribution in [2.75, 3.05) is 36.6 Å². The molecule has 1 atom stereocenters. The van der Waals surface area contributed by atoms with Gasteiger partial charge >= 0.3 is 0 Å². The number of nitrogens with zero attached hydrogens (tertiary/aromatic N) is 2. The van der Waals surface area contributed by atoms with Gasteiger partial charge in [0.1, 0.15) is 0 Å². The van der Waals surface area contributed by atoms with E-state index in [1.54, 1.807) is 4.90 Å². The summed E-state index contributed by atoms with van der Waals surface area (Å²) in [5.74, 6) is 0.973. The first-order valence-corrected chi connectivity index (χ1v) is 11.0. The first-order valence-electron chi connectivity index (χ1n) is 11.0. The second-order valence-corrected chi connectivity index (χ2v) is 8.45. The normalized spacial score (nSPS) is 20.3. The number of carbonyl (C=O) groups excluding carboxylic acids is 2. The number of nitrogens with one attached hydrogen (secondary N) is 1. The van der Waals surface area contributed by atoms with Crippen LogP contribution in [0.1, 0.15) is 31.2 Å². The summed E-state index contributed by atoms with van der Waals surface area (Å²) in [4.78, 5) is 29.4. The van der Waals surface area contributed by atoms with Crippen LogP contribution in [0, 0.1) is 5.92 Å². The summed E-state index contributed by atoms with van der Waals surface area (Å²) in [7, 11) is 0. The molecule has 3 heterocycles. The van der Waals surface area contributed by atoms with Gasteiger partial charge in [-0.05, 0) is 61.2 Å². The third-order valence-corrected chi connectivity index (χ3v) is 6.25. The lowest BCUT2D eigenvalue weighted by Crippen LogP contribution is -2.29. The summed E-state index contributed by atoms with van der Waals surface area (Å²) in [5.41, 5.74) is 2.93. The highest BCUT2D eigenvalue weighted by molar-refractivity contribution is 5.97. The molecule has 0 bridgehead atoms. The lowest BCUT2D eigenvalue weighted by molar-refractivity contribution is -0.128. The van der Waals surface area contributed by atoms with E-state index in [0.29, 0.717) is 18.8 Å². The van der Waals surface area contributed by atoms with Crippen LogP contribution in [0.3, 0.4) is 0 Å². The van der Waals surface area contributed by atoms with Gasteiger partial charge in [0, 0.05) is 44.0 Å². The van der Waals surface area contributed by atoms with Gasteiger partial charge in [-0.25, -0.2) is 0 Å². The molecule has 7 heteroatoms. The van der Waals surface area contributed by atoms with Crippen molar-refractivity contribution in [1.82, 2.24) is 4.90 Å². The Morgan fingerprint density at radius 3 is 2.58 bits per heavy atom. The number of likely N-dealkylation sites (tertiary alicyclic amines) is 1. The van der Waals surface area contributed by atoms with E-state index in [2.05, 4.69) is 22.3 Å². The quantitative estimate of drug-likeness (QED) is 0.801. The van der Waals surface area contributed by atoms with Crippen LogP contribution in [0.15, 0.2) is 42.5 Å². The molecule has 1 unspecified atom stereocenters. The highest BCUT2D eigenvalue weighted by Gasteiger charge is 2.34. The zero-order chi connectivity index (χ0) is 21.2. The van der Waals surface area contributed by atoms with Crippen LogP contribution in [0.2, 0.25) is 0 Å². The molecule has 2 aromatic carbocycles. The van der Waals surface area contributed by atoms with Gasteiger partial charge in [0.15, 0.2) is 11.5 Å². The number of hydrogen-bond acceptors (Lipinski definition) is 5. The van der Waals surface area contributed by atoms with Crippen molar-refractivity contribution < 1.29 is 19.1 Å². The van der Waals surface area contributed by atoms with Crippen molar-refractivity contribution in [2.45, 2.75) is 32.2 Å². The van der Waals surface area contributed by atoms with Crippen molar-refractivity contribution >= 4 is 23.2 Å². The van der Waals surface area contributed by atoms with Crippen molar-refractivity contribution in [3.05, 3.63) is 48.0 Å². The first kappa shape index (κ1) is 19.7. The fourth-order valence-electron chi connectivity index (χ4n) is 4.51. The van der Waals surface area contributed by atoms with Crippen LogP contribution in [0.4, 0.5) is 11.4 Å². The molecular formula is C24H27N3O4. The van der Waals surface area contributed by atoms with Crippen molar-refractivity contribution in [2.24, 2.45) is 5.92 Å². The van der Waals surface area contributed by atoms with E-state index in [9.17, 15) is 9.59 Å². The Hall–Kier alpha value is -3.22. The number of rotatable bonds is 5. The van der Waals surface area contributed by atoms with E-state index in [4.69, 9.17) is 9.47 Å². The summed E-state index contributed by atoms with van der Waals surface area (Å²) >= 11 is 0. The van der Waals surface area contributed by atoms with Crippen molar-refractivity contribution in [1.29, 1.82) is 0 Å². The van der Waals surface area contributed by atoms with Gasteiger partial charge in [-0.1, -0.05) is 6.07 Å². The number of carbonyl (C=O) groups is 2. The Morgan fingerprint density at radius 2 is 1.77 bits per heavy atom. The summed E-state index contributed by atoms with van der Waals surface area (Å²) in [5, 5.41) is 2.98. The van der Waals surface area contributed by atoms with E-state index in [0.717, 1.165) is 30.1 Å². The number of amides is 2. The maximum Gasteiger partial charge on any atom is 0.231 e. The predicted octanol–water partition coefficient (Wildman–Crippen LogP) is 3.39. The second kappa shape index (κ2) is 8.49. The van der Waals surface area contributed by atoms with E-state index in [-0.39, 0.29) is 30.9 Å².